The molecule has 0 unspecified atom stereocenters. The summed E-state index contributed by atoms with van der Waals surface area (Å²) in [5.41, 5.74) is 3.51. The second kappa shape index (κ2) is 8.44. The zero-order valence-corrected chi connectivity index (χ0v) is 17.6. The van der Waals surface area contributed by atoms with E-state index in [-0.39, 0.29) is 23.0 Å². The molecule has 0 saturated heterocycles. The van der Waals surface area contributed by atoms with Gasteiger partial charge in [-0.25, -0.2) is 9.37 Å². The predicted molar refractivity (Wildman–Crippen MR) is 116 cm³/mol. The molecule has 1 amide bonds. The summed E-state index contributed by atoms with van der Waals surface area (Å²) in [4.78, 5) is 28.6. The Balaban J connectivity index is 1.54. The van der Waals surface area contributed by atoms with Gasteiger partial charge in [-0.05, 0) is 41.7 Å². The smallest absolute Gasteiger partial charge is 0.224 e. The number of amides is 1. The summed E-state index contributed by atoms with van der Waals surface area (Å²) in [7, 11) is 0. The molecule has 154 valence electrons. The summed E-state index contributed by atoms with van der Waals surface area (Å²) < 4.78 is 16.5. The molecule has 0 radical (unpaired) electrons. The molecule has 2 aromatic carbocycles. The Hall–Kier alpha value is -2.93. The lowest BCUT2D eigenvalue weighted by atomic mass is 9.98. The van der Waals surface area contributed by atoms with Gasteiger partial charge < -0.3 is 5.32 Å². The third-order valence-electron chi connectivity index (χ3n) is 5.15. The average molecular weight is 424 g/mol. The van der Waals surface area contributed by atoms with Crippen molar-refractivity contribution in [2.75, 3.05) is 11.1 Å². The minimum atomic E-state index is -0.616. The number of carbonyl (C=O) groups excluding carboxylic acids is 2. The fraction of sp³-hybridized carbons (Fsp3) is 0.261. The number of hydrogen-bond acceptors (Lipinski definition) is 4. The minimum Gasteiger partial charge on any atom is -0.326 e. The van der Waals surface area contributed by atoms with Crippen LogP contribution < -0.4 is 5.32 Å². The lowest BCUT2D eigenvalue weighted by Gasteiger charge is -2.18. The first kappa shape index (κ1) is 20.3. The topological polar surface area (TPSA) is 64.0 Å². The van der Waals surface area contributed by atoms with Crippen LogP contribution in [0.15, 0.2) is 53.9 Å². The Morgan fingerprint density at radius 1 is 1.27 bits per heavy atom. The SMILES string of the molecule is CC(C)c1ccccc1-n1ccnc1SCC(=O)c1cc2c(cc1F)NC(=O)CC2. The number of aryl methyl sites for hydroxylation is 1. The maximum atomic E-state index is 14.5. The van der Waals surface area contributed by atoms with E-state index in [1.165, 1.54) is 23.4 Å². The Labute approximate surface area is 178 Å². The minimum absolute atomic E-state index is 0.0538. The average Bonchev–Trinajstić information content (AvgIpc) is 3.19. The number of Topliss-reactive ketones (excluding diaryl/α,β-unsaturated/α-hetero) is 1. The Morgan fingerprint density at radius 3 is 2.87 bits per heavy atom. The van der Waals surface area contributed by atoms with Crippen LogP contribution in [0.25, 0.3) is 5.69 Å². The standard InChI is InChI=1S/C23H22FN3O2S/c1-14(2)16-5-3-4-6-20(16)27-10-9-25-23(27)30-13-21(28)17-11-15-7-8-22(29)26-19(15)12-18(17)24/h3-6,9-12,14H,7-8,13H2,1-2H3,(H,26,29). The van der Waals surface area contributed by atoms with Crippen LogP contribution in [0, 0.1) is 5.82 Å². The van der Waals surface area contributed by atoms with Crippen molar-refractivity contribution in [2.24, 2.45) is 0 Å². The number of nitrogens with one attached hydrogen (secondary N) is 1. The first-order chi connectivity index (χ1) is 14.4. The highest BCUT2D eigenvalue weighted by atomic mass is 32.2. The zero-order valence-electron chi connectivity index (χ0n) is 16.8. The van der Waals surface area contributed by atoms with Crippen molar-refractivity contribution in [3.63, 3.8) is 0 Å². The molecule has 1 aliphatic rings. The van der Waals surface area contributed by atoms with Gasteiger partial charge in [-0.2, -0.15) is 0 Å². The molecular weight excluding hydrogens is 401 g/mol. The highest BCUT2D eigenvalue weighted by Crippen LogP contribution is 2.29. The number of aromatic nitrogens is 2. The monoisotopic (exact) mass is 423 g/mol. The number of imidazole rings is 1. The third kappa shape index (κ3) is 4.03. The second-order valence-corrected chi connectivity index (χ2v) is 8.49. The van der Waals surface area contributed by atoms with Crippen molar-refractivity contribution in [3.05, 3.63) is 71.3 Å². The molecule has 2 heterocycles. The van der Waals surface area contributed by atoms with Crippen LogP contribution in [0.2, 0.25) is 0 Å². The van der Waals surface area contributed by atoms with Crippen molar-refractivity contribution in [1.82, 2.24) is 9.55 Å². The molecule has 4 rings (SSSR count). The number of carbonyl (C=O) groups is 2. The number of anilines is 1. The summed E-state index contributed by atoms with van der Waals surface area (Å²) in [6.45, 7) is 4.26. The number of hydrogen-bond donors (Lipinski definition) is 1. The van der Waals surface area contributed by atoms with Gasteiger partial charge in [-0.3, -0.25) is 14.2 Å². The molecule has 7 heteroatoms. The summed E-state index contributed by atoms with van der Waals surface area (Å²) in [5.74, 6) is -0.639. The van der Waals surface area contributed by atoms with Gasteiger partial charge in [0.15, 0.2) is 10.9 Å². The number of halogens is 1. The van der Waals surface area contributed by atoms with Crippen molar-refractivity contribution < 1.29 is 14.0 Å². The number of thioether (sulfide) groups is 1. The molecule has 0 spiro atoms. The van der Waals surface area contributed by atoms with Crippen LogP contribution in [-0.2, 0) is 11.2 Å². The first-order valence-electron chi connectivity index (χ1n) is 9.85. The molecule has 0 aliphatic carbocycles. The molecule has 1 N–H and O–H groups in total. The van der Waals surface area contributed by atoms with Crippen LogP contribution in [0.3, 0.4) is 0 Å². The zero-order chi connectivity index (χ0) is 21.3. The van der Waals surface area contributed by atoms with Crippen molar-refractivity contribution >= 4 is 29.1 Å². The lowest BCUT2D eigenvalue weighted by molar-refractivity contribution is -0.116. The largest absolute Gasteiger partial charge is 0.326 e. The molecular formula is C23H22FN3O2S. The van der Waals surface area contributed by atoms with E-state index in [0.29, 0.717) is 29.6 Å². The quantitative estimate of drug-likeness (QED) is 0.448. The number of nitrogens with zero attached hydrogens (tertiary/aromatic N) is 2. The summed E-state index contributed by atoms with van der Waals surface area (Å²) in [6.07, 6.45) is 4.42. The van der Waals surface area contributed by atoms with Gasteiger partial charge in [0.25, 0.3) is 0 Å². The Morgan fingerprint density at radius 2 is 2.07 bits per heavy atom. The second-order valence-electron chi connectivity index (χ2n) is 7.54. The summed E-state index contributed by atoms with van der Waals surface area (Å²) in [5, 5.41) is 3.33. The van der Waals surface area contributed by atoms with Gasteiger partial charge in [0.1, 0.15) is 5.82 Å². The maximum absolute atomic E-state index is 14.5. The first-order valence-corrected chi connectivity index (χ1v) is 10.8. The van der Waals surface area contributed by atoms with Gasteiger partial charge in [0.05, 0.1) is 17.0 Å². The number of fused-ring (bicyclic) bond motifs is 1. The highest BCUT2D eigenvalue weighted by Gasteiger charge is 2.21. The molecule has 0 bridgehead atoms. The normalized spacial score (nSPS) is 13.3. The van der Waals surface area contributed by atoms with Crippen molar-refractivity contribution in [1.29, 1.82) is 0 Å². The van der Waals surface area contributed by atoms with Crippen LogP contribution in [0.4, 0.5) is 10.1 Å². The lowest BCUT2D eigenvalue weighted by Crippen LogP contribution is -2.20. The van der Waals surface area contributed by atoms with E-state index >= 15 is 0 Å². The molecule has 5 nitrogen and oxygen atoms in total. The number of ketones is 1. The van der Waals surface area contributed by atoms with E-state index in [9.17, 15) is 14.0 Å². The number of benzene rings is 2. The summed E-state index contributed by atoms with van der Waals surface area (Å²) in [6, 6.07) is 10.9. The van der Waals surface area contributed by atoms with Crippen LogP contribution in [0.1, 0.15) is 47.7 Å². The fourth-order valence-electron chi connectivity index (χ4n) is 3.60. The molecule has 1 aliphatic heterocycles. The van der Waals surface area contributed by atoms with E-state index < -0.39 is 5.82 Å². The fourth-order valence-corrected chi connectivity index (χ4v) is 4.45. The summed E-state index contributed by atoms with van der Waals surface area (Å²) >= 11 is 1.28. The molecule has 3 aromatic rings. The molecule has 0 fully saturated rings. The van der Waals surface area contributed by atoms with Gasteiger partial charge in [-0.1, -0.05) is 43.8 Å². The highest BCUT2D eigenvalue weighted by molar-refractivity contribution is 7.99. The van der Waals surface area contributed by atoms with Gasteiger partial charge in [-0.15, -0.1) is 0 Å². The maximum Gasteiger partial charge on any atom is 0.224 e. The van der Waals surface area contributed by atoms with E-state index in [1.807, 2.05) is 29.0 Å². The number of rotatable bonds is 6. The van der Waals surface area contributed by atoms with Gasteiger partial charge >= 0.3 is 0 Å². The molecule has 30 heavy (non-hydrogen) atoms. The van der Waals surface area contributed by atoms with Gasteiger partial charge in [0, 0.05) is 24.5 Å². The Bertz CT molecular complexity index is 1120. The van der Waals surface area contributed by atoms with Crippen LogP contribution in [-0.4, -0.2) is 27.0 Å². The van der Waals surface area contributed by atoms with Crippen LogP contribution >= 0.6 is 11.8 Å². The van der Waals surface area contributed by atoms with Crippen molar-refractivity contribution in [3.8, 4) is 5.69 Å². The van der Waals surface area contributed by atoms with E-state index in [1.54, 1.807) is 12.3 Å². The molecule has 0 saturated carbocycles. The van der Waals surface area contributed by atoms with Crippen LogP contribution in [0.5, 0.6) is 0 Å². The molecule has 1 aromatic heterocycles. The molecule has 0 atom stereocenters. The van der Waals surface area contributed by atoms with E-state index in [0.717, 1.165) is 11.3 Å². The number of para-hydroxylation sites is 1. The Kier molecular flexibility index (Phi) is 5.72. The van der Waals surface area contributed by atoms with Crippen molar-refractivity contribution in [2.45, 2.75) is 37.8 Å². The predicted octanol–water partition coefficient (Wildman–Crippen LogP) is 4.99. The third-order valence-corrected chi connectivity index (χ3v) is 6.11. The van der Waals surface area contributed by atoms with E-state index in [2.05, 4.69) is 30.2 Å². The van der Waals surface area contributed by atoms with E-state index in [4.69, 9.17) is 0 Å². The van der Waals surface area contributed by atoms with Gasteiger partial charge in [0.2, 0.25) is 5.91 Å².